The molecule has 0 radical (unpaired) electrons. The summed E-state index contributed by atoms with van der Waals surface area (Å²) >= 11 is 0. The molecule has 1 aromatic carbocycles. The Morgan fingerprint density at radius 3 is 2.95 bits per heavy atom. The van der Waals surface area contributed by atoms with Crippen LogP contribution in [0.25, 0.3) is 11.0 Å². The number of nitrogens with zero attached hydrogens (tertiary/aromatic N) is 4. The van der Waals surface area contributed by atoms with Gasteiger partial charge in [-0.1, -0.05) is 23.4 Å². The molecule has 2 aromatic heterocycles. The van der Waals surface area contributed by atoms with Crippen LogP contribution in [0.3, 0.4) is 0 Å². The highest BCUT2D eigenvalue weighted by Gasteiger charge is 2.08. The molecule has 0 aliphatic carbocycles. The molecule has 3 aromatic rings. The van der Waals surface area contributed by atoms with Gasteiger partial charge in [-0.15, -0.1) is 5.10 Å². The van der Waals surface area contributed by atoms with Crippen molar-refractivity contribution in [3.8, 4) is 0 Å². The van der Waals surface area contributed by atoms with E-state index >= 15 is 0 Å². The summed E-state index contributed by atoms with van der Waals surface area (Å²) in [5.74, 6) is -0.107. The number of carbonyl (C=O) groups is 1. The lowest BCUT2D eigenvalue weighted by Gasteiger charge is -2.05. The van der Waals surface area contributed by atoms with Crippen molar-refractivity contribution < 1.29 is 4.79 Å². The van der Waals surface area contributed by atoms with E-state index in [2.05, 4.69) is 20.6 Å². The second-order valence-electron chi connectivity index (χ2n) is 4.37. The fourth-order valence-corrected chi connectivity index (χ4v) is 1.93. The Morgan fingerprint density at radius 2 is 2.10 bits per heavy atom. The van der Waals surface area contributed by atoms with Crippen molar-refractivity contribution in [3.63, 3.8) is 0 Å². The number of fused-ring (bicyclic) bond motifs is 1. The summed E-state index contributed by atoms with van der Waals surface area (Å²) in [6.07, 6.45) is 3.43. The SMILES string of the molecule is O=C(Cn1nnc2ccccc21)NCc1cccnc1. The van der Waals surface area contributed by atoms with Gasteiger partial charge in [0, 0.05) is 18.9 Å². The van der Waals surface area contributed by atoms with Gasteiger partial charge in [0.15, 0.2) is 0 Å². The van der Waals surface area contributed by atoms with Gasteiger partial charge in [-0.05, 0) is 23.8 Å². The maximum Gasteiger partial charge on any atom is 0.242 e. The number of rotatable bonds is 4. The number of carbonyl (C=O) groups excluding carboxylic acids is 1. The van der Waals surface area contributed by atoms with E-state index in [1.807, 2.05) is 36.4 Å². The number of para-hydroxylation sites is 1. The average molecular weight is 267 g/mol. The van der Waals surface area contributed by atoms with Gasteiger partial charge in [-0.2, -0.15) is 0 Å². The van der Waals surface area contributed by atoms with Crippen LogP contribution in [0.1, 0.15) is 5.56 Å². The molecule has 0 spiro atoms. The second kappa shape index (κ2) is 5.48. The fourth-order valence-electron chi connectivity index (χ4n) is 1.93. The first-order valence-electron chi connectivity index (χ1n) is 6.27. The number of nitrogens with one attached hydrogen (secondary N) is 1. The fraction of sp³-hybridized carbons (Fsp3) is 0.143. The normalized spacial score (nSPS) is 10.6. The molecular weight excluding hydrogens is 254 g/mol. The second-order valence-corrected chi connectivity index (χ2v) is 4.37. The number of aromatic nitrogens is 4. The van der Waals surface area contributed by atoms with Crippen LogP contribution in [0.5, 0.6) is 0 Å². The van der Waals surface area contributed by atoms with E-state index in [1.165, 1.54) is 0 Å². The summed E-state index contributed by atoms with van der Waals surface area (Å²) in [6.45, 7) is 0.611. The zero-order valence-electron chi connectivity index (χ0n) is 10.7. The Hall–Kier alpha value is -2.76. The number of pyridine rings is 1. The van der Waals surface area contributed by atoms with Gasteiger partial charge in [-0.3, -0.25) is 9.78 Å². The van der Waals surface area contributed by atoms with E-state index in [0.29, 0.717) is 6.54 Å². The first-order valence-corrected chi connectivity index (χ1v) is 6.27. The molecule has 1 amide bonds. The summed E-state index contributed by atoms with van der Waals surface area (Å²) in [4.78, 5) is 15.9. The third-order valence-electron chi connectivity index (χ3n) is 2.93. The molecule has 0 saturated carbocycles. The number of hydrogen-bond acceptors (Lipinski definition) is 4. The van der Waals surface area contributed by atoms with Gasteiger partial charge < -0.3 is 5.32 Å². The average Bonchev–Trinajstić information content (AvgIpc) is 2.90. The predicted molar refractivity (Wildman–Crippen MR) is 73.6 cm³/mol. The number of benzene rings is 1. The topological polar surface area (TPSA) is 72.7 Å². The quantitative estimate of drug-likeness (QED) is 0.769. The third-order valence-corrected chi connectivity index (χ3v) is 2.93. The lowest BCUT2D eigenvalue weighted by atomic mass is 10.3. The number of hydrogen-bond donors (Lipinski definition) is 1. The zero-order valence-corrected chi connectivity index (χ0v) is 10.7. The van der Waals surface area contributed by atoms with Crippen LogP contribution in [-0.4, -0.2) is 25.9 Å². The molecule has 0 aliphatic heterocycles. The van der Waals surface area contributed by atoms with E-state index in [9.17, 15) is 4.79 Å². The summed E-state index contributed by atoms with van der Waals surface area (Å²) in [6, 6.07) is 11.3. The van der Waals surface area contributed by atoms with Gasteiger partial charge in [0.05, 0.1) is 5.52 Å². The molecule has 100 valence electrons. The van der Waals surface area contributed by atoms with Gasteiger partial charge in [0.25, 0.3) is 0 Å². The van der Waals surface area contributed by atoms with Crippen molar-refractivity contribution in [1.29, 1.82) is 0 Å². The molecule has 2 heterocycles. The van der Waals surface area contributed by atoms with Crippen LogP contribution in [0, 0.1) is 0 Å². The molecule has 1 N–H and O–H groups in total. The van der Waals surface area contributed by atoms with Crippen LogP contribution >= 0.6 is 0 Å². The van der Waals surface area contributed by atoms with Crippen molar-refractivity contribution in [2.24, 2.45) is 0 Å². The van der Waals surface area contributed by atoms with Gasteiger partial charge in [-0.25, -0.2) is 4.68 Å². The number of amides is 1. The Bertz CT molecular complexity index is 723. The first kappa shape index (κ1) is 12.3. The standard InChI is InChI=1S/C14H13N5O/c20-14(16-9-11-4-3-7-15-8-11)10-19-13-6-2-1-5-12(13)17-18-19/h1-8H,9-10H2,(H,16,20). The highest BCUT2D eigenvalue weighted by molar-refractivity contribution is 5.79. The van der Waals surface area contributed by atoms with E-state index < -0.39 is 0 Å². The first-order chi connectivity index (χ1) is 9.83. The summed E-state index contributed by atoms with van der Waals surface area (Å²) in [5.41, 5.74) is 2.60. The Morgan fingerprint density at radius 1 is 1.20 bits per heavy atom. The van der Waals surface area contributed by atoms with Crippen LogP contribution in [0.2, 0.25) is 0 Å². The van der Waals surface area contributed by atoms with E-state index in [0.717, 1.165) is 16.6 Å². The molecule has 3 rings (SSSR count). The van der Waals surface area contributed by atoms with Crippen LogP contribution in [0.4, 0.5) is 0 Å². The van der Waals surface area contributed by atoms with Crippen LogP contribution in [0.15, 0.2) is 48.8 Å². The smallest absolute Gasteiger partial charge is 0.242 e. The monoisotopic (exact) mass is 267 g/mol. The molecule has 0 atom stereocenters. The predicted octanol–water partition coefficient (Wildman–Crippen LogP) is 1.14. The zero-order chi connectivity index (χ0) is 13.8. The Labute approximate surface area is 115 Å². The van der Waals surface area contributed by atoms with Crippen molar-refractivity contribution in [2.45, 2.75) is 13.1 Å². The minimum atomic E-state index is -0.107. The maximum atomic E-state index is 11.9. The molecule has 0 bridgehead atoms. The Balaban J connectivity index is 1.64. The molecule has 0 aliphatic rings. The lowest BCUT2D eigenvalue weighted by molar-refractivity contribution is -0.121. The molecule has 0 unspecified atom stereocenters. The van der Waals surface area contributed by atoms with Crippen molar-refractivity contribution in [2.75, 3.05) is 0 Å². The molecule has 6 nitrogen and oxygen atoms in total. The van der Waals surface area contributed by atoms with E-state index in [1.54, 1.807) is 17.1 Å². The highest BCUT2D eigenvalue weighted by atomic mass is 16.2. The molecular formula is C14H13N5O. The Kier molecular flexibility index (Phi) is 3.36. The van der Waals surface area contributed by atoms with Gasteiger partial charge in [0.2, 0.25) is 5.91 Å². The largest absolute Gasteiger partial charge is 0.350 e. The molecule has 0 fully saturated rings. The van der Waals surface area contributed by atoms with Gasteiger partial charge >= 0.3 is 0 Å². The van der Waals surface area contributed by atoms with Gasteiger partial charge in [0.1, 0.15) is 12.1 Å². The summed E-state index contributed by atoms with van der Waals surface area (Å²) < 4.78 is 1.59. The minimum absolute atomic E-state index is 0.107. The molecule has 20 heavy (non-hydrogen) atoms. The van der Waals surface area contributed by atoms with Crippen molar-refractivity contribution >= 4 is 16.9 Å². The maximum absolute atomic E-state index is 11.9. The van der Waals surface area contributed by atoms with E-state index in [-0.39, 0.29) is 12.5 Å². The van der Waals surface area contributed by atoms with Crippen molar-refractivity contribution in [1.82, 2.24) is 25.3 Å². The highest BCUT2D eigenvalue weighted by Crippen LogP contribution is 2.09. The van der Waals surface area contributed by atoms with E-state index in [4.69, 9.17) is 0 Å². The van der Waals surface area contributed by atoms with Crippen LogP contribution < -0.4 is 5.32 Å². The molecule has 0 saturated heterocycles. The minimum Gasteiger partial charge on any atom is -0.350 e. The summed E-state index contributed by atoms with van der Waals surface area (Å²) in [5, 5.41) is 10.8. The lowest BCUT2D eigenvalue weighted by Crippen LogP contribution is -2.27. The molecule has 6 heteroatoms. The third kappa shape index (κ3) is 2.64. The van der Waals surface area contributed by atoms with Crippen molar-refractivity contribution in [3.05, 3.63) is 54.4 Å². The summed E-state index contributed by atoms with van der Waals surface area (Å²) in [7, 11) is 0. The van der Waals surface area contributed by atoms with Crippen LogP contribution in [-0.2, 0) is 17.9 Å².